The van der Waals surface area contributed by atoms with Gasteiger partial charge in [-0.25, -0.2) is 4.79 Å². The second kappa shape index (κ2) is 9.17. The van der Waals surface area contributed by atoms with Crippen molar-refractivity contribution in [2.24, 2.45) is 5.92 Å². The van der Waals surface area contributed by atoms with Crippen molar-refractivity contribution in [3.05, 3.63) is 88.1 Å². The fourth-order valence-electron chi connectivity index (χ4n) is 4.90. The Kier molecular flexibility index (Phi) is 5.90. The Morgan fingerprint density at radius 1 is 0.886 bits per heavy atom. The van der Waals surface area contributed by atoms with Gasteiger partial charge in [0.25, 0.3) is 11.5 Å². The lowest BCUT2D eigenvalue weighted by atomic mass is 9.83. The third-order valence-corrected chi connectivity index (χ3v) is 6.62. The summed E-state index contributed by atoms with van der Waals surface area (Å²) in [6.07, 6.45) is 3.96. The zero-order valence-corrected chi connectivity index (χ0v) is 19.2. The standard InChI is InChI=1S/C26H25N5O4/c1-16(32)18-2-4-21(5-3-18)28-26(35)30-13-17-12-20(15-30)23-7-6-22(25(34)31(23)14-17)29-24(33)19-8-10-27-11-9-19/h2-11,17,20H,12-15H2,1H3,(H,28,35)(H,29,33). The first-order valence-corrected chi connectivity index (χ1v) is 11.5. The zero-order chi connectivity index (χ0) is 24.5. The normalized spacial score (nSPS) is 18.4. The molecule has 9 nitrogen and oxygen atoms in total. The summed E-state index contributed by atoms with van der Waals surface area (Å²) in [4.78, 5) is 55.7. The van der Waals surface area contributed by atoms with E-state index in [1.807, 2.05) is 6.07 Å². The summed E-state index contributed by atoms with van der Waals surface area (Å²) >= 11 is 0. The van der Waals surface area contributed by atoms with Gasteiger partial charge < -0.3 is 20.1 Å². The van der Waals surface area contributed by atoms with Crippen molar-refractivity contribution in [2.45, 2.75) is 25.8 Å². The van der Waals surface area contributed by atoms with Crippen LogP contribution in [0.5, 0.6) is 0 Å². The van der Waals surface area contributed by atoms with Gasteiger partial charge in [0.15, 0.2) is 5.78 Å². The fourth-order valence-corrected chi connectivity index (χ4v) is 4.90. The summed E-state index contributed by atoms with van der Waals surface area (Å²) in [5.74, 6) is -0.220. The van der Waals surface area contributed by atoms with Gasteiger partial charge >= 0.3 is 6.03 Å². The number of nitrogens with one attached hydrogen (secondary N) is 2. The van der Waals surface area contributed by atoms with Crippen molar-refractivity contribution >= 4 is 29.1 Å². The number of urea groups is 1. The number of hydrogen-bond donors (Lipinski definition) is 2. The van der Waals surface area contributed by atoms with Crippen LogP contribution in [-0.2, 0) is 6.54 Å². The molecule has 0 spiro atoms. The second-order valence-corrected chi connectivity index (χ2v) is 9.04. The van der Waals surface area contributed by atoms with Crippen LogP contribution in [0, 0.1) is 5.92 Å². The highest BCUT2D eigenvalue weighted by atomic mass is 16.2. The van der Waals surface area contributed by atoms with E-state index < -0.39 is 0 Å². The van der Waals surface area contributed by atoms with Crippen molar-refractivity contribution in [2.75, 3.05) is 23.7 Å². The van der Waals surface area contributed by atoms with Crippen LogP contribution in [0.4, 0.5) is 16.2 Å². The number of Topliss-reactive ketones (excluding diaryl/α,β-unsaturated/α-hetero) is 1. The lowest BCUT2D eigenvalue weighted by molar-refractivity contribution is 0.101. The zero-order valence-electron chi connectivity index (χ0n) is 19.2. The summed E-state index contributed by atoms with van der Waals surface area (Å²) in [7, 11) is 0. The third kappa shape index (κ3) is 4.57. The Hall–Kier alpha value is -4.27. The minimum atomic E-state index is -0.361. The maximum atomic E-state index is 13.2. The van der Waals surface area contributed by atoms with Crippen LogP contribution in [0.25, 0.3) is 0 Å². The van der Waals surface area contributed by atoms with E-state index in [0.717, 1.165) is 12.1 Å². The molecule has 2 aromatic heterocycles. The van der Waals surface area contributed by atoms with Crippen LogP contribution < -0.4 is 16.2 Å². The Labute approximate surface area is 201 Å². The number of pyridine rings is 2. The van der Waals surface area contributed by atoms with E-state index in [1.165, 1.54) is 19.3 Å². The minimum absolute atomic E-state index is 0.0271. The Morgan fingerprint density at radius 3 is 2.34 bits per heavy atom. The molecule has 4 heterocycles. The quantitative estimate of drug-likeness (QED) is 0.567. The summed E-state index contributed by atoms with van der Waals surface area (Å²) in [5, 5.41) is 5.62. The van der Waals surface area contributed by atoms with Gasteiger partial charge in [-0.2, -0.15) is 0 Å². The molecule has 2 bridgehead atoms. The molecule has 2 unspecified atom stereocenters. The van der Waals surface area contributed by atoms with E-state index in [9.17, 15) is 19.2 Å². The number of amides is 3. The lowest BCUT2D eigenvalue weighted by Gasteiger charge is -2.42. The van der Waals surface area contributed by atoms with Gasteiger partial charge in [0.1, 0.15) is 5.69 Å². The first kappa shape index (κ1) is 22.5. The number of likely N-dealkylation sites (tertiary alicyclic amines) is 1. The van der Waals surface area contributed by atoms with Crippen LogP contribution in [0.1, 0.15) is 45.7 Å². The molecule has 1 saturated heterocycles. The molecule has 1 fully saturated rings. The number of ketones is 1. The van der Waals surface area contributed by atoms with Gasteiger partial charge in [0.05, 0.1) is 0 Å². The molecule has 2 atom stereocenters. The average molecular weight is 472 g/mol. The molecule has 5 rings (SSSR count). The average Bonchev–Trinajstić information content (AvgIpc) is 2.86. The van der Waals surface area contributed by atoms with Gasteiger partial charge in [-0.3, -0.25) is 19.4 Å². The van der Waals surface area contributed by atoms with Gasteiger partial charge in [-0.15, -0.1) is 0 Å². The molecule has 0 radical (unpaired) electrons. The largest absolute Gasteiger partial charge is 0.324 e. The number of piperidine rings is 1. The monoisotopic (exact) mass is 471 g/mol. The molecule has 35 heavy (non-hydrogen) atoms. The number of benzene rings is 1. The molecule has 178 valence electrons. The first-order valence-electron chi connectivity index (χ1n) is 11.5. The van der Waals surface area contributed by atoms with Crippen LogP contribution >= 0.6 is 0 Å². The molecular formula is C26H25N5O4. The number of anilines is 2. The second-order valence-electron chi connectivity index (χ2n) is 9.04. The van der Waals surface area contributed by atoms with Crippen molar-refractivity contribution in [1.82, 2.24) is 14.5 Å². The Morgan fingerprint density at radius 2 is 1.63 bits per heavy atom. The first-order chi connectivity index (χ1) is 16.9. The fraction of sp³-hybridized carbons (Fsp3) is 0.269. The molecule has 0 aliphatic carbocycles. The summed E-state index contributed by atoms with van der Waals surface area (Å²) in [5.41, 5.74) is 2.52. The number of rotatable bonds is 4. The predicted octanol–water partition coefficient (Wildman–Crippen LogP) is 3.35. The molecule has 2 aliphatic heterocycles. The molecule has 2 N–H and O–H groups in total. The lowest BCUT2D eigenvalue weighted by Crippen LogP contribution is -2.50. The smallest absolute Gasteiger partial charge is 0.321 e. The van der Waals surface area contributed by atoms with Crippen LogP contribution in [0.15, 0.2) is 65.7 Å². The molecule has 1 aromatic carbocycles. The van der Waals surface area contributed by atoms with Crippen molar-refractivity contribution in [1.29, 1.82) is 0 Å². The number of carbonyl (C=O) groups excluding carboxylic acids is 3. The van der Waals surface area contributed by atoms with Crippen LogP contribution in [-0.4, -0.2) is 45.3 Å². The van der Waals surface area contributed by atoms with E-state index in [1.54, 1.807) is 51.9 Å². The Balaban J connectivity index is 1.30. The summed E-state index contributed by atoms with van der Waals surface area (Å²) < 4.78 is 1.73. The van der Waals surface area contributed by atoms with Crippen molar-refractivity contribution in [3.63, 3.8) is 0 Å². The predicted molar refractivity (Wildman–Crippen MR) is 131 cm³/mol. The summed E-state index contributed by atoms with van der Waals surface area (Å²) in [6, 6.07) is 13.3. The number of fused-ring (bicyclic) bond motifs is 4. The van der Waals surface area contributed by atoms with E-state index in [-0.39, 0.29) is 40.8 Å². The molecular weight excluding hydrogens is 446 g/mol. The number of carbonyl (C=O) groups is 3. The van der Waals surface area contributed by atoms with Crippen LogP contribution in [0.2, 0.25) is 0 Å². The van der Waals surface area contributed by atoms with Gasteiger partial charge in [0.2, 0.25) is 0 Å². The number of nitrogens with zero attached hydrogens (tertiary/aromatic N) is 3. The van der Waals surface area contributed by atoms with Crippen LogP contribution in [0.3, 0.4) is 0 Å². The third-order valence-electron chi connectivity index (χ3n) is 6.62. The summed E-state index contributed by atoms with van der Waals surface area (Å²) in [6.45, 7) is 3.02. The SMILES string of the molecule is CC(=O)c1ccc(NC(=O)N2CC3CC(C2)c2ccc(NC(=O)c4ccncc4)c(=O)n2C3)cc1. The molecule has 0 saturated carbocycles. The van der Waals surface area contributed by atoms with E-state index >= 15 is 0 Å². The highest BCUT2D eigenvalue weighted by molar-refractivity contribution is 6.04. The maximum absolute atomic E-state index is 13.2. The highest BCUT2D eigenvalue weighted by Crippen LogP contribution is 2.35. The molecule has 3 amide bonds. The Bertz CT molecular complexity index is 1350. The van der Waals surface area contributed by atoms with Gasteiger partial charge in [-0.1, -0.05) is 0 Å². The highest BCUT2D eigenvalue weighted by Gasteiger charge is 2.36. The molecule has 3 aromatic rings. The van der Waals surface area contributed by atoms with E-state index in [0.29, 0.717) is 36.4 Å². The van der Waals surface area contributed by atoms with Crippen molar-refractivity contribution in [3.8, 4) is 0 Å². The number of aromatic nitrogens is 2. The van der Waals surface area contributed by atoms with E-state index in [2.05, 4.69) is 15.6 Å². The molecule has 9 heteroatoms. The topological polar surface area (TPSA) is 113 Å². The maximum Gasteiger partial charge on any atom is 0.321 e. The van der Waals surface area contributed by atoms with Gasteiger partial charge in [-0.05, 0) is 67.8 Å². The van der Waals surface area contributed by atoms with E-state index in [4.69, 9.17) is 0 Å². The molecule has 2 aliphatic rings. The van der Waals surface area contributed by atoms with Crippen molar-refractivity contribution < 1.29 is 14.4 Å². The van der Waals surface area contributed by atoms with Gasteiger partial charge in [0, 0.05) is 60.5 Å². The minimum Gasteiger partial charge on any atom is -0.324 e. The number of hydrogen-bond acceptors (Lipinski definition) is 5.